The molecule has 1 rings (SSSR count). The minimum absolute atomic E-state index is 0.119. The molecule has 0 atom stereocenters. The van der Waals surface area contributed by atoms with Gasteiger partial charge in [0, 0.05) is 17.0 Å². The summed E-state index contributed by atoms with van der Waals surface area (Å²) in [4.78, 5) is 10.6. The van der Waals surface area contributed by atoms with Gasteiger partial charge >= 0.3 is 0 Å². The molecule has 0 spiro atoms. The summed E-state index contributed by atoms with van der Waals surface area (Å²) >= 11 is 1.44. The molecule has 1 aromatic rings. The number of rotatable bonds is 2. The third-order valence-corrected chi connectivity index (χ3v) is 1.86. The second kappa shape index (κ2) is 3.39. The predicted molar refractivity (Wildman–Crippen MR) is 43.7 cm³/mol. The van der Waals surface area contributed by atoms with Gasteiger partial charge in [-0.1, -0.05) is 0 Å². The largest absolute Gasteiger partial charge is 0.270 e. The zero-order valence-corrected chi connectivity index (χ0v) is 6.72. The van der Waals surface area contributed by atoms with Crippen LogP contribution in [0.3, 0.4) is 0 Å². The summed E-state index contributed by atoms with van der Waals surface area (Å²) in [6, 6.07) is 7.37. The van der Waals surface area contributed by atoms with Crippen LogP contribution in [0.1, 0.15) is 0 Å². The van der Waals surface area contributed by atoms with Crippen molar-refractivity contribution in [2.24, 2.45) is 0 Å². The van der Waals surface area contributed by atoms with Crippen LogP contribution in [-0.4, -0.2) is 11.2 Å². The van der Waals surface area contributed by atoms with E-state index in [0.29, 0.717) is 0 Å². The van der Waals surface area contributed by atoms with Gasteiger partial charge in [-0.05, 0) is 18.4 Å². The average molecular weight is 168 g/mol. The van der Waals surface area contributed by atoms with Crippen LogP contribution in [0.5, 0.6) is 0 Å². The fraction of sp³-hybridized carbons (Fsp3) is 0.143. The first-order chi connectivity index (χ1) is 5.24. The fourth-order valence-electron chi connectivity index (χ4n) is 0.665. The molecule has 1 aromatic carbocycles. The number of hydrogen-bond acceptors (Lipinski definition) is 3. The van der Waals surface area contributed by atoms with Crippen molar-refractivity contribution in [3.63, 3.8) is 0 Å². The number of thioether (sulfide) groups is 1. The molecule has 0 saturated carbocycles. The molecule has 57 valence electrons. The van der Waals surface area contributed by atoms with Gasteiger partial charge in [0.25, 0.3) is 5.69 Å². The molecule has 0 bridgehead atoms. The van der Waals surface area contributed by atoms with Gasteiger partial charge in [-0.15, -0.1) is 11.8 Å². The van der Waals surface area contributed by atoms with E-state index in [0.717, 1.165) is 4.90 Å². The third kappa shape index (κ3) is 1.94. The molecule has 0 aromatic heterocycles. The van der Waals surface area contributed by atoms with E-state index >= 15 is 0 Å². The molecular formula is C7H6NO2S. The van der Waals surface area contributed by atoms with Gasteiger partial charge in [0.05, 0.1) is 4.92 Å². The Kier molecular flexibility index (Phi) is 2.48. The first-order valence-corrected chi connectivity index (χ1v) is 4.16. The van der Waals surface area contributed by atoms with Crippen molar-refractivity contribution in [1.82, 2.24) is 0 Å². The molecule has 0 aliphatic rings. The van der Waals surface area contributed by atoms with Crippen molar-refractivity contribution in [2.45, 2.75) is 4.90 Å². The second-order valence-electron chi connectivity index (χ2n) is 1.87. The quantitative estimate of drug-likeness (QED) is 0.386. The number of nitro benzene ring substituents is 1. The van der Waals surface area contributed by atoms with Crippen molar-refractivity contribution in [3.8, 4) is 0 Å². The van der Waals surface area contributed by atoms with Crippen LogP contribution in [0.15, 0.2) is 23.1 Å². The maximum Gasteiger partial charge on any atom is 0.270 e. The predicted octanol–water partition coefficient (Wildman–Crippen LogP) is 2.12. The first-order valence-electron chi connectivity index (χ1n) is 2.94. The van der Waals surface area contributed by atoms with E-state index in [4.69, 9.17) is 0 Å². The van der Waals surface area contributed by atoms with Gasteiger partial charge in [0.1, 0.15) is 0 Å². The van der Waals surface area contributed by atoms with Gasteiger partial charge in [0.15, 0.2) is 0 Å². The fourth-order valence-corrected chi connectivity index (χ4v) is 1.09. The van der Waals surface area contributed by atoms with E-state index in [9.17, 15) is 10.1 Å². The van der Waals surface area contributed by atoms with E-state index in [1.165, 1.54) is 23.9 Å². The maximum absolute atomic E-state index is 10.3. The van der Waals surface area contributed by atoms with Gasteiger partial charge in [0.2, 0.25) is 0 Å². The Morgan fingerprint density at radius 2 is 2.45 bits per heavy atom. The highest BCUT2D eigenvalue weighted by molar-refractivity contribution is 7.98. The van der Waals surface area contributed by atoms with E-state index in [1.54, 1.807) is 6.07 Å². The molecule has 4 heteroatoms. The molecule has 0 saturated heterocycles. The monoisotopic (exact) mass is 168 g/mol. The van der Waals surface area contributed by atoms with Crippen molar-refractivity contribution >= 4 is 17.4 Å². The van der Waals surface area contributed by atoms with Crippen LogP contribution in [0.25, 0.3) is 0 Å². The minimum atomic E-state index is -0.409. The van der Waals surface area contributed by atoms with Gasteiger partial charge in [-0.2, -0.15) is 0 Å². The summed E-state index contributed by atoms with van der Waals surface area (Å²) in [5.41, 5.74) is 0.119. The van der Waals surface area contributed by atoms with Crippen molar-refractivity contribution in [3.05, 3.63) is 34.4 Å². The van der Waals surface area contributed by atoms with Crippen molar-refractivity contribution in [2.75, 3.05) is 6.26 Å². The molecule has 1 radical (unpaired) electrons. The Labute approximate surface area is 68.6 Å². The maximum atomic E-state index is 10.3. The van der Waals surface area contributed by atoms with Crippen LogP contribution < -0.4 is 0 Å². The summed E-state index contributed by atoms with van der Waals surface area (Å²) in [6.07, 6.45) is 1.86. The lowest BCUT2D eigenvalue weighted by molar-refractivity contribution is -0.385. The summed E-state index contributed by atoms with van der Waals surface area (Å²) < 4.78 is 0. The number of nitrogens with zero attached hydrogens (tertiary/aromatic N) is 1. The Bertz CT molecular complexity index is 275. The standard InChI is InChI=1S/C7H6NO2S/c1-11-7-4-2-3-6(5-7)8(9)10/h2-3,5H,1H3. The second-order valence-corrected chi connectivity index (χ2v) is 2.72. The van der Waals surface area contributed by atoms with E-state index < -0.39 is 4.92 Å². The molecule has 0 aliphatic carbocycles. The number of nitro groups is 1. The SMILES string of the molecule is CSc1[c]ccc([N+](=O)[O-])c1. The third-order valence-electron chi connectivity index (χ3n) is 1.19. The molecule has 0 aliphatic heterocycles. The highest BCUT2D eigenvalue weighted by Crippen LogP contribution is 2.19. The summed E-state index contributed by atoms with van der Waals surface area (Å²) in [5.74, 6) is 0. The topological polar surface area (TPSA) is 43.1 Å². The normalized spacial score (nSPS) is 9.55. The van der Waals surface area contributed by atoms with Crippen LogP contribution in [0.4, 0.5) is 5.69 Å². The van der Waals surface area contributed by atoms with Gasteiger partial charge in [-0.25, -0.2) is 0 Å². The lowest BCUT2D eigenvalue weighted by Crippen LogP contribution is -1.86. The van der Waals surface area contributed by atoms with E-state index in [2.05, 4.69) is 6.07 Å². The summed E-state index contributed by atoms with van der Waals surface area (Å²) in [7, 11) is 0. The molecule has 0 fully saturated rings. The van der Waals surface area contributed by atoms with Crippen LogP contribution in [-0.2, 0) is 0 Å². The number of hydrogen-bond donors (Lipinski definition) is 0. The Hall–Kier alpha value is -1.03. The van der Waals surface area contributed by atoms with Crippen LogP contribution in [0, 0.1) is 16.2 Å². The lowest BCUT2D eigenvalue weighted by Gasteiger charge is -1.93. The van der Waals surface area contributed by atoms with E-state index in [-0.39, 0.29) is 5.69 Å². The molecule has 0 N–H and O–H groups in total. The highest BCUT2D eigenvalue weighted by atomic mass is 32.2. The van der Waals surface area contributed by atoms with Crippen LogP contribution in [0.2, 0.25) is 0 Å². The van der Waals surface area contributed by atoms with Gasteiger partial charge in [-0.3, -0.25) is 10.1 Å². The van der Waals surface area contributed by atoms with Gasteiger partial charge < -0.3 is 0 Å². The minimum Gasteiger partial charge on any atom is -0.258 e. The Morgan fingerprint density at radius 3 is 3.00 bits per heavy atom. The summed E-state index contributed by atoms with van der Waals surface area (Å²) in [6.45, 7) is 0. The smallest absolute Gasteiger partial charge is 0.258 e. The molecule has 11 heavy (non-hydrogen) atoms. The molecule has 0 heterocycles. The number of benzene rings is 1. The zero-order chi connectivity index (χ0) is 8.27. The lowest BCUT2D eigenvalue weighted by atomic mass is 10.3. The van der Waals surface area contributed by atoms with Crippen molar-refractivity contribution < 1.29 is 4.92 Å². The van der Waals surface area contributed by atoms with E-state index in [1.807, 2.05) is 6.26 Å². The highest BCUT2D eigenvalue weighted by Gasteiger charge is 2.03. The number of non-ortho nitro benzene ring substituents is 1. The Morgan fingerprint density at radius 1 is 1.73 bits per heavy atom. The molecule has 0 unspecified atom stereocenters. The molecule has 0 amide bonds. The zero-order valence-electron chi connectivity index (χ0n) is 5.90. The molecular weight excluding hydrogens is 162 g/mol. The molecule has 3 nitrogen and oxygen atoms in total. The van der Waals surface area contributed by atoms with Crippen LogP contribution >= 0.6 is 11.8 Å². The Balaban J connectivity index is 3.01. The first kappa shape index (κ1) is 8.07. The summed E-state index contributed by atoms with van der Waals surface area (Å²) in [5, 5.41) is 10.3. The average Bonchev–Trinajstić information content (AvgIpc) is 2.05. The van der Waals surface area contributed by atoms with Crippen molar-refractivity contribution in [1.29, 1.82) is 0 Å².